The normalized spacial score (nSPS) is 14.5. The number of nitrogens with zero attached hydrogens (tertiary/aromatic N) is 2. The van der Waals surface area contributed by atoms with E-state index >= 15 is 0 Å². The molecule has 0 bridgehead atoms. The summed E-state index contributed by atoms with van der Waals surface area (Å²) in [5.41, 5.74) is 3.00. The molecular formula is C18H4Br6N2O. The summed E-state index contributed by atoms with van der Waals surface area (Å²) >= 11 is 21.6. The second kappa shape index (κ2) is 6.47. The Labute approximate surface area is 204 Å². The molecule has 0 fully saturated rings. The van der Waals surface area contributed by atoms with Crippen LogP contribution in [-0.4, -0.2) is 11.7 Å². The number of hydrogen-bond donors (Lipinski definition) is 0. The van der Waals surface area contributed by atoms with Crippen LogP contribution in [0, 0.1) is 0 Å². The summed E-state index contributed by atoms with van der Waals surface area (Å²) in [7, 11) is 0. The Morgan fingerprint density at radius 3 is 2.19 bits per heavy atom. The Morgan fingerprint density at radius 1 is 0.815 bits per heavy atom. The number of anilines is 1. The van der Waals surface area contributed by atoms with Gasteiger partial charge < -0.3 is 0 Å². The van der Waals surface area contributed by atoms with Crippen LogP contribution in [0.3, 0.4) is 0 Å². The molecule has 0 spiro atoms. The third kappa shape index (κ3) is 2.45. The summed E-state index contributed by atoms with van der Waals surface area (Å²) in [4.78, 5) is 20.0. The number of rotatable bonds is 0. The first-order valence-corrected chi connectivity index (χ1v) is 12.3. The van der Waals surface area contributed by atoms with Crippen LogP contribution < -0.4 is 4.90 Å². The van der Waals surface area contributed by atoms with E-state index in [1.807, 2.05) is 24.3 Å². The Morgan fingerprint density at radius 2 is 1.48 bits per heavy atom. The highest BCUT2D eigenvalue weighted by Gasteiger charge is 2.43. The lowest BCUT2D eigenvalue weighted by molar-refractivity contribution is 0.101. The van der Waals surface area contributed by atoms with Gasteiger partial charge in [0.25, 0.3) is 5.91 Å². The highest BCUT2D eigenvalue weighted by Crippen LogP contribution is 2.51. The fraction of sp³-hybridized carbons (Fsp3) is 0. The number of amides is 1. The van der Waals surface area contributed by atoms with Gasteiger partial charge in [-0.2, -0.15) is 0 Å². The van der Waals surface area contributed by atoms with E-state index in [2.05, 4.69) is 95.6 Å². The van der Waals surface area contributed by atoms with Crippen LogP contribution >= 0.6 is 95.6 Å². The van der Waals surface area contributed by atoms with Gasteiger partial charge in [0.1, 0.15) is 5.84 Å². The number of benzene rings is 3. The molecule has 0 aromatic heterocycles. The van der Waals surface area contributed by atoms with Gasteiger partial charge in [0, 0.05) is 43.2 Å². The minimum absolute atomic E-state index is 0.116. The topological polar surface area (TPSA) is 32.7 Å². The lowest BCUT2D eigenvalue weighted by Crippen LogP contribution is -2.31. The largest absolute Gasteiger partial charge is 0.268 e. The number of hydrogen-bond acceptors (Lipinski definition) is 2. The summed E-state index contributed by atoms with van der Waals surface area (Å²) < 4.78 is 4.92. The van der Waals surface area contributed by atoms with Gasteiger partial charge in [-0.15, -0.1) is 0 Å². The van der Waals surface area contributed by atoms with Crippen LogP contribution in [0.15, 0.2) is 56.1 Å². The molecule has 0 saturated heterocycles. The fourth-order valence-corrected chi connectivity index (χ4v) is 6.79. The smallest absolute Gasteiger partial charge is 0.266 e. The molecule has 0 N–H and O–H groups in total. The lowest BCUT2D eigenvalue weighted by Gasteiger charge is -2.25. The minimum Gasteiger partial charge on any atom is -0.268 e. The van der Waals surface area contributed by atoms with Crippen LogP contribution in [0.25, 0.3) is 10.8 Å². The van der Waals surface area contributed by atoms with E-state index in [0.717, 1.165) is 50.1 Å². The van der Waals surface area contributed by atoms with Crippen molar-refractivity contribution in [3.8, 4) is 0 Å². The molecular weight excluding hydrogens is 740 g/mol. The second-order valence-electron chi connectivity index (χ2n) is 5.97. The van der Waals surface area contributed by atoms with Crippen molar-refractivity contribution in [3.63, 3.8) is 0 Å². The monoisotopic (exact) mass is 738 g/mol. The minimum atomic E-state index is -0.116. The zero-order valence-corrected chi connectivity index (χ0v) is 22.4. The first-order chi connectivity index (χ1) is 12.8. The van der Waals surface area contributed by atoms with Crippen LogP contribution in [0.5, 0.6) is 0 Å². The molecule has 1 amide bonds. The zero-order chi connectivity index (χ0) is 19.2. The van der Waals surface area contributed by atoms with Gasteiger partial charge >= 0.3 is 0 Å². The SMILES string of the molecule is O=C1c2c(Br)c(Br)c(Br)c(Br)c2C2=Nc3cccc4c(Br)c(Br)cc(c34)N12. The van der Waals surface area contributed by atoms with Gasteiger partial charge in [0.2, 0.25) is 0 Å². The standard InChI is InChI=1S/C18H4Br6N2O/c19-6-4-8-9-5(12(6)20)2-1-3-7(9)25-17-10-11(18(27)26(8)17)14(22)16(24)15(23)13(10)21/h1-4H. The Hall–Kier alpha value is -0.0600. The van der Waals surface area contributed by atoms with E-state index in [0.29, 0.717) is 15.9 Å². The number of fused-ring (bicyclic) bond motifs is 4. The first kappa shape index (κ1) is 18.9. The Kier molecular flexibility index (Phi) is 4.54. The van der Waals surface area contributed by atoms with E-state index in [1.165, 1.54) is 0 Å². The molecule has 0 atom stereocenters. The molecule has 134 valence electrons. The zero-order valence-electron chi connectivity index (χ0n) is 12.9. The van der Waals surface area contributed by atoms with Crippen molar-refractivity contribution >= 4 is 129 Å². The van der Waals surface area contributed by atoms with Gasteiger partial charge in [0.15, 0.2) is 0 Å². The van der Waals surface area contributed by atoms with E-state index < -0.39 is 0 Å². The van der Waals surface area contributed by atoms with Crippen molar-refractivity contribution in [3.05, 3.63) is 62.2 Å². The van der Waals surface area contributed by atoms with E-state index in [9.17, 15) is 4.79 Å². The van der Waals surface area contributed by atoms with Gasteiger partial charge in [-0.25, -0.2) is 4.99 Å². The number of amidine groups is 1. The van der Waals surface area contributed by atoms with Crippen LogP contribution in [0.1, 0.15) is 15.9 Å². The highest BCUT2D eigenvalue weighted by atomic mass is 79.9. The van der Waals surface area contributed by atoms with Crippen molar-refractivity contribution < 1.29 is 4.79 Å². The number of halogens is 6. The third-order valence-corrected chi connectivity index (χ3v) is 11.4. The molecule has 2 aliphatic rings. The van der Waals surface area contributed by atoms with Gasteiger partial charge in [-0.1, -0.05) is 12.1 Å². The van der Waals surface area contributed by atoms with Crippen molar-refractivity contribution in [2.24, 2.45) is 4.99 Å². The summed E-state index contributed by atoms with van der Waals surface area (Å²) in [6, 6.07) is 7.92. The maximum Gasteiger partial charge on any atom is 0.266 e. The molecule has 0 saturated carbocycles. The predicted octanol–water partition coefficient (Wildman–Crippen LogP) is 8.47. The Balaban J connectivity index is 1.94. The van der Waals surface area contributed by atoms with Crippen molar-refractivity contribution in [1.29, 1.82) is 0 Å². The number of carbonyl (C=O) groups excluding carboxylic acids is 1. The fourth-order valence-electron chi connectivity index (χ4n) is 3.45. The van der Waals surface area contributed by atoms with Crippen molar-refractivity contribution in [2.45, 2.75) is 0 Å². The molecule has 3 aromatic rings. The molecule has 9 heteroatoms. The molecule has 2 aliphatic heterocycles. The summed E-state index contributed by atoms with van der Waals surface area (Å²) in [6.07, 6.45) is 0. The molecule has 3 aromatic carbocycles. The summed E-state index contributed by atoms with van der Waals surface area (Å²) in [6.45, 7) is 0. The van der Waals surface area contributed by atoms with Gasteiger partial charge in [0.05, 0.1) is 16.9 Å². The molecule has 2 heterocycles. The maximum absolute atomic E-state index is 13.4. The average molecular weight is 744 g/mol. The third-order valence-electron chi connectivity index (χ3n) is 4.59. The average Bonchev–Trinajstić information content (AvgIpc) is 2.95. The van der Waals surface area contributed by atoms with Crippen molar-refractivity contribution in [1.82, 2.24) is 0 Å². The van der Waals surface area contributed by atoms with Crippen LogP contribution in [0.2, 0.25) is 0 Å². The van der Waals surface area contributed by atoms with E-state index in [-0.39, 0.29) is 5.91 Å². The number of carbonyl (C=O) groups is 1. The molecule has 27 heavy (non-hydrogen) atoms. The quantitative estimate of drug-likeness (QED) is 0.168. The summed E-state index contributed by atoms with van der Waals surface area (Å²) in [5.74, 6) is 0.500. The molecule has 3 nitrogen and oxygen atoms in total. The molecule has 0 aliphatic carbocycles. The summed E-state index contributed by atoms with van der Waals surface area (Å²) in [5, 5.41) is 1.95. The van der Waals surface area contributed by atoms with Gasteiger partial charge in [-0.3, -0.25) is 9.69 Å². The first-order valence-electron chi connectivity index (χ1n) is 7.53. The van der Waals surface area contributed by atoms with E-state index in [4.69, 9.17) is 4.99 Å². The molecule has 0 unspecified atom stereocenters. The predicted molar refractivity (Wildman–Crippen MR) is 130 cm³/mol. The highest BCUT2D eigenvalue weighted by molar-refractivity contribution is 9.15. The van der Waals surface area contributed by atoms with Gasteiger partial charge in [-0.05, 0) is 108 Å². The van der Waals surface area contributed by atoms with Crippen LogP contribution in [-0.2, 0) is 0 Å². The van der Waals surface area contributed by atoms with E-state index in [1.54, 1.807) is 4.90 Å². The second-order valence-corrected chi connectivity index (χ2v) is 10.8. The van der Waals surface area contributed by atoms with Crippen LogP contribution in [0.4, 0.5) is 11.4 Å². The maximum atomic E-state index is 13.4. The number of aliphatic imine (C=N–C) groups is 1. The van der Waals surface area contributed by atoms with Crippen molar-refractivity contribution in [2.75, 3.05) is 4.90 Å². The molecule has 0 radical (unpaired) electrons. The Bertz CT molecular complexity index is 1270. The molecule has 5 rings (SSSR count). The lowest BCUT2D eigenvalue weighted by atomic mass is 10.0.